The molecular formula is C4H6N4. The molecule has 0 spiro atoms. The predicted octanol–water partition coefficient (Wildman–Crippen LogP) is 1.56. The molecule has 0 atom stereocenters. The quantitative estimate of drug-likeness (QED) is 0.491. The number of rotatable bonds is 1. The molecule has 0 N–H and O–H groups in total. The predicted molar refractivity (Wildman–Crippen MR) is 26.2 cm³/mol. The number of hydrogen-bond donors (Lipinski definition) is 0. The second-order valence-corrected chi connectivity index (χ2v) is 2.16. The summed E-state index contributed by atoms with van der Waals surface area (Å²) in [6, 6.07) is 0. The number of hydrogen-bond acceptors (Lipinski definition) is 4. The van der Waals surface area contributed by atoms with E-state index in [-0.39, 0.29) is 6.17 Å². The van der Waals surface area contributed by atoms with Crippen molar-refractivity contribution in [3.05, 3.63) is 0 Å². The second kappa shape index (κ2) is 1.34. The van der Waals surface area contributed by atoms with Gasteiger partial charge in [-0.05, 0) is 23.3 Å². The first kappa shape index (κ1) is 4.12. The first-order valence-corrected chi connectivity index (χ1v) is 2.77. The lowest BCUT2D eigenvalue weighted by atomic mass is 10.4. The average molecular weight is 110 g/mol. The Morgan fingerprint density at radius 2 is 1.62 bits per heavy atom. The summed E-state index contributed by atoms with van der Waals surface area (Å²) < 4.78 is 0. The summed E-state index contributed by atoms with van der Waals surface area (Å²) in [5, 5.41) is 14.4. The fourth-order valence-corrected chi connectivity index (χ4v) is 0.758. The molecule has 1 aliphatic carbocycles. The van der Waals surface area contributed by atoms with Crippen LogP contribution in [0.2, 0.25) is 0 Å². The van der Waals surface area contributed by atoms with Crippen LogP contribution in [0.15, 0.2) is 20.7 Å². The molecule has 1 aliphatic heterocycles. The average Bonchev–Trinajstić information content (AvgIpc) is 2.49. The lowest BCUT2D eigenvalue weighted by molar-refractivity contribution is 0.618. The smallest absolute Gasteiger partial charge is 0.138 e. The van der Waals surface area contributed by atoms with Gasteiger partial charge >= 0.3 is 0 Å². The molecule has 0 amide bonds. The maximum absolute atomic E-state index is 3.79. The van der Waals surface area contributed by atoms with E-state index in [4.69, 9.17) is 0 Å². The van der Waals surface area contributed by atoms with Crippen molar-refractivity contribution < 1.29 is 0 Å². The fraction of sp³-hybridized carbons (Fsp3) is 1.00. The molecule has 0 radical (unpaired) electrons. The van der Waals surface area contributed by atoms with Crippen LogP contribution in [0.4, 0.5) is 0 Å². The normalized spacial score (nSPS) is 27.5. The van der Waals surface area contributed by atoms with E-state index in [9.17, 15) is 0 Å². The van der Waals surface area contributed by atoms with Gasteiger partial charge in [-0.3, -0.25) is 0 Å². The fourth-order valence-electron chi connectivity index (χ4n) is 0.758. The van der Waals surface area contributed by atoms with Crippen LogP contribution in [0.5, 0.6) is 0 Å². The van der Waals surface area contributed by atoms with Gasteiger partial charge in [-0.2, -0.15) is 0 Å². The third kappa shape index (κ3) is 0.526. The zero-order valence-electron chi connectivity index (χ0n) is 4.36. The van der Waals surface area contributed by atoms with Crippen molar-refractivity contribution in [2.24, 2.45) is 26.6 Å². The third-order valence-corrected chi connectivity index (χ3v) is 1.42. The summed E-state index contributed by atoms with van der Waals surface area (Å²) in [6.07, 6.45) is 2.60. The molecular weight excluding hydrogens is 104 g/mol. The van der Waals surface area contributed by atoms with Gasteiger partial charge in [0.1, 0.15) is 0 Å². The molecule has 42 valence electrons. The van der Waals surface area contributed by atoms with Gasteiger partial charge in [0.05, 0.1) is 0 Å². The van der Waals surface area contributed by atoms with Crippen LogP contribution >= 0.6 is 0 Å². The first-order valence-electron chi connectivity index (χ1n) is 2.77. The highest BCUT2D eigenvalue weighted by molar-refractivity contribution is 4.83. The van der Waals surface area contributed by atoms with Crippen molar-refractivity contribution >= 4 is 0 Å². The molecule has 1 fully saturated rings. The summed E-state index contributed by atoms with van der Waals surface area (Å²) in [4.78, 5) is 0. The zero-order valence-corrected chi connectivity index (χ0v) is 4.36. The van der Waals surface area contributed by atoms with E-state index in [1.165, 1.54) is 12.8 Å². The van der Waals surface area contributed by atoms with Gasteiger partial charge in [0.2, 0.25) is 0 Å². The Balaban J connectivity index is 2.06. The monoisotopic (exact) mass is 110 g/mol. The standard InChI is InChI=1S/C4H6N4/c1-2-3(1)4-5-7-8-6-4/h3-4H,1-2H2. The second-order valence-electron chi connectivity index (χ2n) is 2.16. The van der Waals surface area contributed by atoms with Crippen LogP contribution in [0.3, 0.4) is 0 Å². The molecule has 8 heavy (non-hydrogen) atoms. The zero-order chi connectivity index (χ0) is 5.40. The van der Waals surface area contributed by atoms with E-state index in [2.05, 4.69) is 20.7 Å². The maximum Gasteiger partial charge on any atom is 0.188 e. The molecule has 0 aromatic heterocycles. The Kier molecular flexibility index (Phi) is 0.688. The van der Waals surface area contributed by atoms with E-state index >= 15 is 0 Å². The van der Waals surface area contributed by atoms with E-state index in [0.29, 0.717) is 5.92 Å². The molecule has 0 aromatic carbocycles. The Hall–Kier alpha value is -0.800. The topological polar surface area (TPSA) is 49.4 Å². The molecule has 0 unspecified atom stereocenters. The molecule has 2 rings (SSSR count). The molecule has 1 saturated carbocycles. The van der Waals surface area contributed by atoms with Crippen molar-refractivity contribution in [2.45, 2.75) is 19.0 Å². The van der Waals surface area contributed by atoms with Gasteiger partial charge in [0.15, 0.2) is 6.17 Å². The molecule has 0 aromatic rings. The molecule has 2 aliphatic rings. The van der Waals surface area contributed by atoms with Crippen LogP contribution in [0, 0.1) is 5.92 Å². The van der Waals surface area contributed by atoms with Gasteiger partial charge in [0, 0.05) is 5.92 Å². The van der Waals surface area contributed by atoms with Crippen LogP contribution in [0.1, 0.15) is 12.8 Å². The van der Waals surface area contributed by atoms with Crippen molar-refractivity contribution in [2.75, 3.05) is 0 Å². The highest BCUT2D eigenvalue weighted by atomic mass is 15.6. The minimum Gasteiger partial charge on any atom is -0.138 e. The number of nitrogens with zero attached hydrogens (tertiary/aromatic N) is 4. The lowest BCUT2D eigenvalue weighted by Crippen LogP contribution is -1.96. The SMILES string of the molecule is C1CC1C1N=NN=N1. The van der Waals surface area contributed by atoms with Crippen molar-refractivity contribution in [1.29, 1.82) is 0 Å². The Morgan fingerprint density at radius 1 is 1.00 bits per heavy atom. The van der Waals surface area contributed by atoms with Crippen molar-refractivity contribution in [3.63, 3.8) is 0 Å². The third-order valence-electron chi connectivity index (χ3n) is 1.42. The molecule has 4 nitrogen and oxygen atoms in total. The Bertz CT molecular complexity index is 134. The highest BCUT2D eigenvalue weighted by Gasteiger charge is 2.32. The Labute approximate surface area is 46.7 Å². The molecule has 0 bridgehead atoms. The summed E-state index contributed by atoms with van der Waals surface area (Å²) in [5.41, 5.74) is 0. The molecule has 1 heterocycles. The van der Waals surface area contributed by atoms with Crippen LogP contribution in [-0.4, -0.2) is 6.17 Å². The van der Waals surface area contributed by atoms with E-state index in [1.54, 1.807) is 0 Å². The minimum atomic E-state index is 0.0926. The maximum atomic E-state index is 3.79. The van der Waals surface area contributed by atoms with E-state index in [0.717, 1.165) is 0 Å². The highest BCUT2D eigenvalue weighted by Crippen LogP contribution is 2.36. The van der Waals surface area contributed by atoms with Gasteiger partial charge in [0.25, 0.3) is 0 Å². The van der Waals surface area contributed by atoms with E-state index in [1.807, 2.05) is 0 Å². The van der Waals surface area contributed by atoms with Crippen molar-refractivity contribution in [1.82, 2.24) is 0 Å². The Morgan fingerprint density at radius 3 is 2.12 bits per heavy atom. The minimum absolute atomic E-state index is 0.0926. The molecule has 4 heteroatoms. The van der Waals surface area contributed by atoms with Gasteiger partial charge in [-0.15, -0.1) is 10.2 Å². The van der Waals surface area contributed by atoms with Gasteiger partial charge in [-0.1, -0.05) is 0 Å². The largest absolute Gasteiger partial charge is 0.188 e. The van der Waals surface area contributed by atoms with Crippen molar-refractivity contribution in [3.8, 4) is 0 Å². The summed E-state index contributed by atoms with van der Waals surface area (Å²) >= 11 is 0. The summed E-state index contributed by atoms with van der Waals surface area (Å²) in [5.74, 6) is 0.671. The summed E-state index contributed by atoms with van der Waals surface area (Å²) in [7, 11) is 0. The first-order chi connectivity index (χ1) is 3.97. The summed E-state index contributed by atoms with van der Waals surface area (Å²) in [6.45, 7) is 0. The van der Waals surface area contributed by atoms with E-state index < -0.39 is 0 Å². The molecule has 0 saturated heterocycles. The van der Waals surface area contributed by atoms with Crippen LogP contribution < -0.4 is 0 Å². The van der Waals surface area contributed by atoms with Crippen LogP contribution in [-0.2, 0) is 0 Å². The van der Waals surface area contributed by atoms with Gasteiger partial charge in [-0.25, -0.2) is 0 Å². The lowest BCUT2D eigenvalue weighted by Gasteiger charge is -1.90. The van der Waals surface area contributed by atoms with Gasteiger partial charge < -0.3 is 0 Å². The van der Waals surface area contributed by atoms with Crippen LogP contribution in [0.25, 0.3) is 0 Å².